The Kier molecular flexibility index (Phi) is 10.4. The summed E-state index contributed by atoms with van der Waals surface area (Å²) in [5.41, 5.74) is 0. The zero-order chi connectivity index (χ0) is 16.5. The van der Waals surface area contributed by atoms with Crippen LogP contribution in [0.1, 0.15) is 45.3 Å². The van der Waals surface area contributed by atoms with E-state index in [2.05, 4.69) is 34.4 Å². The van der Waals surface area contributed by atoms with Gasteiger partial charge in [0.15, 0.2) is 5.96 Å². The topological polar surface area (TPSA) is 52.8 Å². The first-order valence-corrected chi connectivity index (χ1v) is 8.99. The fourth-order valence-electron chi connectivity index (χ4n) is 3.51. The summed E-state index contributed by atoms with van der Waals surface area (Å²) in [5, 5.41) is 6.83. The van der Waals surface area contributed by atoms with Gasteiger partial charge in [-0.2, -0.15) is 0 Å². The van der Waals surface area contributed by atoms with Crippen LogP contribution in [0.4, 0.5) is 0 Å². The molecule has 1 aliphatic rings. The van der Waals surface area contributed by atoms with Gasteiger partial charge >= 0.3 is 0 Å². The van der Waals surface area contributed by atoms with E-state index < -0.39 is 0 Å². The molecule has 1 fully saturated rings. The van der Waals surface area contributed by atoms with Crippen LogP contribution in [0.5, 0.6) is 0 Å². The van der Waals surface area contributed by atoms with Gasteiger partial charge in [0.25, 0.3) is 0 Å². The second-order valence-electron chi connectivity index (χ2n) is 6.27. The minimum atomic E-state index is 0. The van der Waals surface area contributed by atoms with Gasteiger partial charge in [-0.25, -0.2) is 0 Å². The molecule has 1 unspecified atom stereocenters. The molecule has 24 heavy (non-hydrogen) atoms. The van der Waals surface area contributed by atoms with Gasteiger partial charge in [0.2, 0.25) is 0 Å². The van der Waals surface area contributed by atoms with Crippen molar-refractivity contribution in [1.29, 1.82) is 0 Å². The minimum Gasteiger partial charge on any atom is -0.467 e. The van der Waals surface area contributed by atoms with E-state index in [9.17, 15) is 0 Å². The number of guanidine groups is 1. The van der Waals surface area contributed by atoms with Gasteiger partial charge in [0, 0.05) is 19.6 Å². The number of nitrogens with one attached hydrogen (secondary N) is 2. The van der Waals surface area contributed by atoms with Gasteiger partial charge in [-0.3, -0.25) is 9.89 Å². The van der Waals surface area contributed by atoms with Crippen LogP contribution in [0.2, 0.25) is 0 Å². The lowest BCUT2D eigenvalue weighted by Crippen LogP contribution is -2.49. The smallest absolute Gasteiger partial charge is 0.191 e. The van der Waals surface area contributed by atoms with Crippen LogP contribution >= 0.6 is 24.0 Å². The molecule has 2 heterocycles. The standard InChI is InChI=1S/C18H32N4O.HI/c1-4-15(5-2)17(22-10-6-7-11-22)14-21-18(19-3)20-13-16-9-8-12-23-16;/h8-9,12,15,17H,4-7,10-11,13-14H2,1-3H3,(H2,19,20,21);1H. The first-order chi connectivity index (χ1) is 11.3. The van der Waals surface area contributed by atoms with E-state index in [1.807, 2.05) is 19.2 Å². The summed E-state index contributed by atoms with van der Waals surface area (Å²) in [6.45, 7) is 8.70. The SMILES string of the molecule is CCC(CC)C(CNC(=NC)NCc1ccco1)N1CCCC1.I. The van der Waals surface area contributed by atoms with Crippen LogP contribution in [-0.2, 0) is 6.54 Å². The largest absolute Gasteiger partial charge is 0.467 e. The van der Waals surface area contributed by atoms with Crippen LogP contribution in [0.25, 0.3) is 0 Å². The summed E-state index contributed by atoms with van der Waals surface area (Å²) in [4.78, 5) is 6.99. The summed E-state index contributed by atoms with van der Waals surface area (Å²) in [7, 11) is 1.82. The summed E-state index contributed by atoms with van der Waals surface area (Å²) in [6, 6.07) is 4.47. The van der Waals surface area contributed by atoms with Crippen molar-refractivity contribution in [2.45, 2.75) is 52.1 Å². The first-order valence-electron chi connectivity index (χ1n) is 8.99. The quantitative estimate of drug-likeness (QED) is 0.364. The molecule has 1 atom stereocenters. The van der Waals surface area contributed by atoms with Crippen molar-refractivity contribution in [3.63, 3.8) is 0 Å². The molecule has 1 saturated heterocycles. The monoisotopic (exact) mass is 448 g/mol. The Bertz CT molecular complexity index is 452. The van der Waals surface area contributed by atoms with E-state index in [1.165, 1.54) is 38.8 Å². The molecule has 0 radical (unpaired) electrons. The van der Waals surface area contributed by atoms with E-state index in [1.54, 1.807) is 6.26 Å². The molecule has 0 spiro atoms. The number of hydrogen-bond donors (Lipinski definition) is 2. The maximum Gasteiger partial charge on any atom is 0.191 e. The third kappa shape index (κ3) is 6.27. The average molecular weight is 448 g/mol. The van der Waals surface area contributed by atoms with Crippen molar-refractivity contribution in [2.75, 3.05) is 26.7 Å². The van der Waals surface area contributed by atoms with Crippen LogP contribution in [-0.4, -0.2) is 43.6 Å². The van der Waals surface area contributed by atoms with Gasteiger partial charge < -0.3 is 15.1 Å². The molecule has 1 aliphatic heterocycles. The molecule has 6 heteroatoms. The lowest BCUT2D eigenvalue weighted by molar-refractivity contribution is 0.166. The van der Waals surface area contributed by atoms with E-state index in [0.717, 1.165) is 24.2 Å². The van der Waals surface area contributed by atoms with E-state index >= 15 is 0 Å². The summed E-state index contributed by atoms with van der Waals surface area (Å²) in [6.07, 6.45) is 6.84. The van der Waals surface area contributed by atoms with E-state index in [0.29, 0.717) is 12.6 Å². The highest BCUT2D eigenvalue weighted by atomic mass is 127. The number of aliphatic imine (C=N–C) groups is 1. The summed E-state index contributed by atoms with van der Waals surface area (Å²) in [5.74, 6) is 2.50. The molecule has 2 rings (SSSR count). The molecule has 0 bridgehead atoms. The van der Waals surface area contributed by atoms with E-state index in [-0.39, 0.29) is 24.0 Å². The van der Waals surface area contributed by atoms with Crippen molar-refractivity contribution in [1.82, 2.24) is 15.5 Å². The van der Waals surface area contributed by atoms with Gasteiger partial charge in [0.1, 0.15) is 5.76 Å². The van der Waals surface area contributed by atoms with Gasteiger partial charge in [-0.05, 0) is 44.0 Å². The predicted molar refractivity (Wildman–Crippen MR) is 111 cm³/mol. The Morgan fingerprint density at radius 3 is 2.50 bits per heavy atom. The van der Waals surface area contributed by atoms with Crippen LogP contribution in [0.15, 0.2) is 27.8 Å². The predicted octanol–water partition coefficient (Wildman–Crippen LogP) is 3.46. The molecule has 138 valence electrons. The molecule has 0 aliphatic carbocycles. The molecule has 2 N–H and O–H groups in total. The lowest BCUT2D eigenvalue weighted by atomic mass is 9.93. The Labute approximate surface area is 163 Å². The Balaban J connectivity index is 0.00000288. The van der Waals surface area contributed by atoms with Crippen molar-refractivity contribution < 1.29 is 4.42 Å². The fraction of sp³-hybridized carbons (Fsp3) is 0.722. The molecule has 1 aromatic heterocycles. The van der Waals surface area contributed by atoms with E-state index in [4.69, 9.17) is 4.42 Å². The molecule has 0 saturated carbocycles. The zero-order valence-corrected chi connectivity index (χ0v) is 17.6. The molecule has 5 nitrogen and oxygen atoms in total. The van der Waals surface area contributed by atoms with Crippen molar-refractivity contribution in [2.24, 2.45) is 10.9 Å². The second-order valence-corrected chi connectivity index (χ2v) is 6.27. The van der Waals surface area contributed by atoms with Gasteiger partial charge in [-0.1, -0.05) is 26.7 Å². The third-order valence-corrected chi connectivity index (χ3v) is 4.91. The molecule has 1 aromatic rings. The highest BCUT2D eigenvalue weighted by molar-refractivity contribution is 14.0. The maximum atomic E-state index is 5.35. The summed E-state index contributed by atoms with van der Waals surface area (Å²) >= 11 is 0. The number of likely N-dealkylation sites (tertiary alicyclic amines) is 1. The molecule has 0 aromatic carbocycles. The van der Waals surface area contributed by atoms with Crippen LogP contribution < -0.4 is 10.6 Å². The zero-order valence-electron chi connectivity index (χ0n) is 15.3. The van der Waals surface area contributed by atoms with Gasteiger partial charge in [-0.15, -0.1) is 24.0 Å². The first kappa shape index (κ1) is 21.3. The maximum absolute atomic E-state index is 5.35. The number of nitrogens with zero attached hydrogens (tertiary/aromatic N) is 2. The number of hydrogen-bond acceptors (Lipinski definition) is 3. The molecular formula is C18H33IN4O. The fourth-order valence-corrected chi connectivity index (χ4v) is 3.51. The highest BCUT2D eigenvalue weighted by Gasteiger charge is 2.27. The van der Waals surface area contributed by atoms with Crippen molar-refractivity contribution in [3.05, 3.63) is 24.2 Å². The lowest BCUT2D eigenvalue weighted by Gasteiger charge is -2.34. The Morgan fingerprint density at radius 2 is 1.96 bits per heavy atom. The van der Waals surface area contributed by atoms with Crippen molar-refractivity contribution >= 4 is 29.9 Å². The number of halogens is 1. The normalized spacial score (nSPS) is 16.9. The Hall–Kier alpha value is -0.760. The molecule has 0 amide bonds. The van der Waals surface area contributed by atoms with Crippen LogP contribution in [0.3, 0.4) is 0 Å². The highest BCUT2D eigenvalue weighted by Crippen LogP contribution is 2.22. The molecular weight excluding hydrogens is 415 g/mol. The second kappa shape index (κ2) is 11.7. The van der Waals surface area contributed by atoms with Crippen LogP contribution in [0, 0.1) is 5.92 Å². The third-order valence-electron chi connectivity index (χ3n) is 4.91. The van der Waals surface area contributed by atoms with Crippen molar-refractivity contribution in [3.8, 4) is 0 Å². The number of furan rings is 1. The summed E-state index contributed by atoms with van der Waals surface area (Å²) < 4.78 is 5.35. The number of rotatable bonds is 8. The minimum absolute atomic E-state index is 0. The average Bonchev–Trinajstić information content (AvgIpc) is 3.27. The van der Waals surface area contributed by atoms with Gasteiger partial charge in [0.05, 0.1) is 12.8 Å². The Morgan fingerprint density at radius 1 is 1.25 bits per heavy atom.